The fourth-order valence-corrected chi connectivity index (χ4v) is 7.71. The largest absolute Gasteiger partial charge is 0.295 e. The zero-order chi connectivity index (χ0) is 33.1. The van der Waals surface area contributed by atoms with Crippen molar-refractivity contribution in [3.63, 3.8) is 0 Å². The molecule has 0 aliphatic rings. The molecule has 0 aliphatic carbocycles. The monoisotopic (exact) mass is 698 g/mol. The summed E-state index contributed by atoms with van der Waals surface area (Å²) in [5, 5.41) is -0.313. The molecule has 5 N–H and O–H groups in total. The Kier molecular flexibility index (Phi) is 8.93. The van der Waals surface area contributed by atoms with Gasteiger partial charge in [0.25, 0.3) is 50.6 Å². The minimum absolute atomic E-state index is 0.00813. The highest BCUT2D eigenvalue weighted by Crippen LogP contribution is 2.33. The van der Waals surface area contributed by atoms with Crippen LogP contribution in [0, 0.1) is 20.8 Å². The molecule has 4 aromatic carbocycles. The van der Waals surface area contributed by atoms with Gasteiger partial charge in [-0.2, -0.15) is 42.1 Å². The Hall–Kier alpha value is -3.05. The summed E-state index contributed by atoms with van der Waals surface area (Å²) in [6.07, 6.45) is 0. The van der Waals surface area contributed by atoms with Crippen molar-refractivity contribution in [1.82, 2.24) is 0 Å². The van der Waals surface area contributed by atoms with Crippen molar-refractivity contribution in [1.29, 1.82) is 0 Å². The topological polar surface area (TPSA) is 272 Å². The van der Waals surface area contributed by atoms with Crippen LogP contribution in [-0.4, -0.2) is 64.9 Å². The second kappa shape index (κ2) is 11.1. The summed E-state index contributed by atoms with van der Waals surface area (Å²) in [4.78, 5) is -3.74. The first-order chi connectivity index (χ1) is 19.2. The van der Waals surface area contributed by atoms with Gasteiger partial charge in [0.2, 0.25) is 0 Å². The third-order valence-electron chi connectivity index (χ3n) is 6.13. The average Bonchev–Trinajstić information content (AvgIpc) is 2.80. The molecule has 15 nitrogen and oxygen atoms in total. The highest BCUT2D eigenvalue weighted by Gasteiger charge is 2.26. The van der Waals surface area contributed by atoms with Crippen molar-refractivity contribution >= 4 is 72.1 Å². The molecule has 0 spiro atoms. The van der Waals surface area contributed by atoms with Crippen LogP contribution in [0.25, 0.3) is 21.5 Å². The van der Waals surface area contributed by atoms with Crippen LogP contribution in [0.4, 0.5) is 0 Å². The summed E-state index contributed by atoms with van der Waals surface area (Å²) in [5.41, 5.74) is 1.63. The molecule has 0 aliphatic heterocycles. The molecule has 0 fully saturated rings. The smallest absolute Gasteiger partial charge is 0.282 e. The van der Waals surface area contributed by atoms with E-state index in [-0.39, 0.29) is 16.3 Å². The Morgan fingerprint density at radius 2 is 0.860 bits per heavy atom. The van der Waals surface area contributed by atoms with E-state index in [1.807, 2.05) is 0 Å². The van der Waals surface area contributed by atoms with Crippen molar-refractivity contribution in [3.8, 4) is 0 Å². The fourth-order valence-electron chi connectivity index (χ4n) is 4.10. The number of aryl methyl sites for hydroxylation is 3. The summed E-state index contributed by atoms with van der Waals surface area (Å²) in [7, 11) is -23.9. The van der Waals surface area contributed by atoms with Gasteiger partial charge < -0.3 is 0 Å². The van der Waals surface area contributed by atoms with Crippen LogP contribution in [0.15, 0.2) is 73.0 Å². The summed E-state index contributed by atoms with van der Waals surface area (Å²) in [6.45, 7) is 4.83. The van der Waals surface area contributed by atoms with E-state index in [0.717, 1.165) is 29.3 Å². The van der Waals surface area contributed by atoms with Crippen molar-refractivity contribution in [2.24, 2.45) is 0 Å². The lowest BCUT2D eigenvalue weighted by Gasteiger charge is -2.11. The van der Waals surface area contributed by atoms with Crippen LogP contribution in [0.5, 0.6) is 0 Å². The molecule has 0 saturated carbocycles. The average molecular weight is 699 g/mol. The van der Waals surface area contributed by atoms with Gasteiger partial charge in [-0.15, -0.1) is 0 Å². The van der Waals surface area contributed by atoms with E-state index in [0.29, 0.717) is 17.5 Å². The number of fused-ring (bicyclic) bond motifs is 2. The Bertz CT molecular complexity index is 2380. The summed E-state index contributed by atoms with van der Waals surface area (Å²) in [6, 6.07) is 8.51. The molecule has 0 aromatic heterocycles. The molecule has 0 amide bonds. The Labute approximate surface area is 246 Å². The van der Waals surface area contributed by atoms with E-state index in [4.69, 9.17) is 9.11 Å². The lowest BCUT2D eigenvalue weighted by atomic mass is 10.0. The minimum atomic E-state index is -4.94. The van der Waals surface area contributed by atoms with Gasteiger partial charge in [0.05, 0.1) is 9.79 Å². The zero-order valence-electron chi connectivity index (χ0n) is 22.0. The molecular formula is C23H22O15S5. The minimum Gasteiger partial charge on any atom is -0.282 e. The Morgan fingerprint density at radius 3 is 1.30 bits per heavy atom. The lowest BCUT2D eigenvalue weighted by Crippen LogP contribution is -2.08. The number of hydrogen-bond acceptors (Lipinski definition) is 10. The van der Waals surface area contributed by atoms with Crippen molar-refractivity contribution in [2.75, 3.05) is 0 Å². The van der Waals surface area contributed by atoms with Gasteiger partial charge in [0.15, 0.2) is 0 Å². The summed E-state index contributed by atoms with van der Waals surface area (Å²) < 4.78 is 160. The van der Waals surface area contributed by atoms with Gasteiger partial charge in [-0.05, 0) is 73.2 Å². The lowest BCUT2D eigenvalue weighted by molar-refractivity contribution is 0.477. The maximum atomic E-state index is 11.5. The maximum Gasteiger partial charge on any atom is 0.295 e. The van der Waals surface area contributed by atoms with Crippen LogP contribution in [0.1, 0.15) is 16.7 Å². The number of hydrogen-bond donors (Lipinski definition) is 5. The predicted octanol–water partition coefficient (Wildman–Crippen LogP) is 2.84. The van der Waals surface area contributed by atoms with Gasteiger partial charge in [0, 0.05) is 16.2 Å². The normalized spacial score (nSPS) is 13.1. The summed E-state index contributed by atoms with van der Waals surface area (Å²) >= 11 is 0. The quantitative estimate of drug-likeness (QED) is 0.187. The van der Waals surface area contributed by atoms with Crippen molar-refractivity contribution < 1.29 is 64.9 Å². The SMILES string of the molecule is Cc1cc2cc(S(=O)(=O)O)cc(S(=O)(=O)O)c2cc1C.Cc1ccc2c(S(=O)(=O)O)cc(S(=O)(=O)O)cc2c1S(=O)(=O)O. The van der Waals surface area contributed by atoms with E-state index in [2.05, 4.69) is 0 Å². The van der Waals surface area contributed by atoms with Crippen LogP contribution in [0.2, 0.25) is 0 Å². The van der Waals surface area contributed by atoms with Gasteiger partial charge in [0.1, 0.15) is 14.7 Å². The Morgan fingerprint density at radius 1 is 0.419 bits per heavy atom. The molecule has 0 radical (unpaired) electrons. The maximum absolute atomic E-state index is 11.5. The van der Waals surface area contributed by atoms with E-state index in [1.165, 1.54) is 13.0 Å². The predicted molar refractivity (Wildman–Crippen MR) is 151 cm³/mol. The highest BCUT2D eigenvalue weighted by atomic mass is 32.2. The number of benzene rings is 4. The molecule has 4 rings (SSSR count). The number of rotatable bonds is 5. The van der Waals surface area contributed by atoms with Gasteiger partial charge in [-0.1, -0.05) is 18.2 Å². The molecule has 43 heavy (non-hydrogen) atoms. The zero-order valence-corrected chi connectivity index (χ0v) is 26.1. The fraction of sp³-hybridized carbons (Fsp3) is 0.130. The first kappa shape index (κ1) is 34.4. The molecule has 234 valence electrons. The van der Waals surface area contributed by atoms with Gasteiger partial charge in [-0.3, -0.25) is 22.8 Å². The van der Waals surface area contributed by atoms with E-state index in [1.54, 1.807) is 26.0 Å². The Balaban J connectivity index is 0.000000238. The third-order valence-corrected chi connectivity index (χ3v) is 10.6. The second-order valence-corrected chi connectivity index (χ2v) is 16.2. The van der Waals surface area contributed by atoms with Gasteiger partial charge >= 0.3 is 0 Å². The van der Waals surface area contributed by atoms with Crippen LogP contribution in [0.3, 0.4) is 0 Å². The third kappa shape index (κ3) is 7.55. The van der Waals surface area contributed by atoms with E-state index >= 15 is 0 Å². The standard InChI is InChI=1S/C12H12O6S2.C11H10O9S3/c1-7-3-9-5-10(19(13,14)15)6-12(20(16,17)18)11(9)4-8(7)2;1-6-2-3-8-9(11(6)23(18,19)20)4-7(21(12,13)14)5-10(8)22(15,16)17/h3-6H,1-2H3,(H,13,14,15)(H,16,17,18);2-5H,1H3,(H,12,13,14)(H,15,16,17)(H,18,19,20). The molecule has 0 unspecified atom stereocenters. The molecule has 0 atom stereocenters. The van der Waals surface area contributed by atoms with Crippen LogP contribution >= 0.6 is 0 Å². The molecule has 4 aromatic rings. The molecule has 0 bridgehead atoms. The summed E-state index contributed by atoms with van der Waals surface area (Å²) in [5.74, 6) is 0. The molecule has 0 heterocycles. The van der Waals surface area contributed by atoms with Crippen LogP contribution < -0.4 is 0 Å². The van der Waals surface area contributed by atoms with Crippen LogP contribution in [-0.2, 0) is 50.6 Å². The molecular weight excluding hydrogens is 677 g/mol. The first-order valence-electron chi connectivity index (χ1n) is 11.2. The van der Waals surface area contributed by atoms with Gasteiger partial charge in [-0.25, -0.2) is 0 Å². The molecule has 0 saturated heterocycles. The highest BCUT2D eigenvalue weighted by molar-refractivity contribution is 7.87. The second-order valence-electron chi connectivity index (χ2n) is 9.18. The first-order valence-corrected chi connectivity index (χ1v) is 18.4. The molecule has 20 heteroatoms. The van der Waals surface area contributed by atoms with E-state index < -0.39 is 80.5 Å². The van der Waals surface area contributed by atoms with Crippen molar-refractivity contribution in [2.45, 2.75) is 45.2 Å². The van der Waals surface area contributed by atoms with Crippen molar-refractivity contribution in [3.05, 3.63) is 65.2 Å². The van der Waals surface area contributed by atoms with E-state index in [9.17, 15) is 55.7 Å².